The van der Waals surface area contributed by atoms with Gasteiger partial charge in [0, 0.05) is 12.3 Å². The molecule has 0 saturated heterocycles. The minimum atomic E-state index is 0.176. The molecule has 170 valence electrons. The number of allylic oxidation sites excluding steroid dienone is 1. The lowest BCUT2D eigenvalue weighted by atomic mass is 9.46. The Kier molecular flexibility index (Phi) is 4.88. The maximum Gasteiger partial charge on any atom is 0.218 e. The Morgan fingerprint density at radius 2 is 1.81 bits per heavy atom. The van der Waals surface area contributed by atoms with E-state index in [9.17, 15) is 4.79 Å². The highest BCUT2D eigenvalue weighted by Gasteiger charge is 2.60. The molecule has 1 heterocycles. The monoisotopic (exact) mass is 451 g/mol. The number of hydrogen-bond acceptors (Lipinski definition) is 3. The molecule has 0 aromatic heterocycles. The Labute approximate surface area is 196 Å². The zero-order chi connectivity index (χ0) is 22.1. The van der Waals surface area contributed by atoms with Crippen molar-refractivity contribution in [2.75, 3.05) is 6.54 Å². The molecular weight excluding hydrogens is 418 g/mol. The third-order valence-electron chi connectivity index (χ3n) is 10.3. The molecule has 1 aliphatic heterocycles. The van der Waals surface area contributed by atoms with Crippen molar-refractivity contribution in [1.29, 1.82) is 0 Å². The van der Waals surface area contributed by atoms with Crippen LogP contribution < -0.4 is 0 Å². The fraction of sp³-hybridized carbons (Fsp3) is 0.643. The van der Waals surface area contributed by atoms with Crippen molar-refractivity contribution in [3.05, 3.63) is 46.5 Å². The normalized spacial score (nSPS) is 43.0. The Balaban J connectivity index is 1.22. The van der Waals surface area contributed by atoms with Gasteiger partial charge in [-0.15, -0.1) is 0 Å². The molecule has 0 bridgehead atoms. The van der Waals surface area contributed by atoms with E-state index in [4.69, 9.17) is 21.3 Å². The number of fused-ring (bicyclic) bond motifs is 5. The minimum absolute atomic E-state index is 0.176. The van der Waals surface area contributed by atoms with Crippen LogP contribution in [0.1, 0.15) is 70.8 Å². The Bertz CT molecular complexity index is 1010. The second-order valence-electron chi connectivity index (χ2n) is 11.5. The van der Waals surface area contributed by atoms with Crippen LogP contribution in [0.15, 0.2) is 40.9 Å². The predicted octanol–water partition coefficient (Wildman–Crippen LogP) is 6.63. The number of ketones is 1. The molecule has 4 heteroatoms. The summed E-state index contributed by atoms with van der Waals surface area (Å²) in [6.07, 6.45) is 11.5. The average Bonchev–Trinajstić information content (AvgIpc) is 3.38. The first-order valence-corrected chi connectivity index (χ1v) is 13.0. The highest BCUT2D eigenvalue weighted by atomic mass is 35.5. The molecule has 3 saturated carbocycles. The van der Waals surface area contributed by atoms with E-state index in [2.05, 4.69) is 13.8 Å². The van der Waals surface area contributed by atoms with E-state index >= 15 is 0 Å². The van der Waals surface area contributed by atoms with Crippen molar-refractivity contribution in [2.24, 2.45) is 39.5 Å². The summed E-state index contributed by atoms with van der Waals surface area (Å²) in [4.78, 5) is 16.9. The number of ether oxygens (including phenoxy) is 1. The average molecular weight is 452 g/mol. The van der Waals surface area contributed by atoms with Crippen molar-refractivity contribution >= 4 is 23.3 Å². The van der Waals surface area contributed by atoms with Gasteiger partial charge in [0.1, 0.15) is 6.10 Å². The number of carbonyl (C=O) groups excluding carboxylic acids is 1. The second-order valence-corrected chi connectivity index (χ2v) is 11.9. The zero-order valence-electron chi connectivity index (χ0n) is 19.3. The summed E-state index contributed by atoms with van der Waals surface area (Å²) in [6, 6.07) is 7.87. The van der Waals surface area contributed by atoms with Crippen LogP contribution in [0.3, 0.4) is 0 Å². The van der Waals surface area contributed by atoms with E-state index < -0.39 is 0 Å². The second kappa shape index (κ2) is 7.45. The Morgan fingerprint density at radius 1 is 1.00 bits per heavy atom. The third-order valence-corrected chi connectivity index (χ3v) is 10.6. The first kappa shape index (κ1) is 21.0. The van der Waals surface area contributed by atoms with Crippen LogP contribution in [0.25, 0.3) is 0 Å². The van der Waals surface area contributed by atoms with Gasteiger partial charge in [-0.1, -0.05) is 43.2 Å². The van der Waals surface area contributed by atoms with Crippen LogP contribution in [-0.4, -0.2) is 24.3 Å². The van der Waals surface area contributed by atoms with Crippen LogP contribution >= 0.6 is 11.6 Å². The predicted molar refractivity (Wildman–Crippen MR) is 128 cm³/mol. The van der Waals surface area contributed by atoms with Gasteiger partial charge >= 0.3 is 0 Å². The van der Waals surface area contributed by atoms with Crippen LogP contribution in [0, 0.1) is 34.5 Å². The van der Waals surface area contributed by atoms with Crippen LogP contribution in [-0.2, 0) is 9.53 Å². The number of nitrogens with zero attached hydrogens (tertiary/aromatic N) is 1. The molecule has 7 atom stereocenters. The minimum Gasteiger partial charge on any atom is -0.472 e. The standard InChI is InChI=1S/C28H34ClNO2/c1-27-13-11-18(31)15-17(27)7-8-19-21-9-10-23(28(21,2)14-12-22(19)27)25-16-30-26(32-25)20-5-3-4-6-24(20)29/h3-6,15,19,21-23,25H,7-14,16H2,1-2H3/t19-,21-,22-,23+,25-,27-,28-/m0/s1. The molecule has 3 nitrogen and oxygen atoms in total. The molecule has 0 amide bonds. The number of hydrogen-bond donors (Lipinski definition) is 0. The molecule has 0 spiro atoms. The van der Waals surface area contributed by atoms with E-state index in [-0.39, 0.29) is 11.5 Å². The van der Waals surface area contributed by atoms with E-state index in [0.29, 0.717) is 22.1 Å². The highest BCUT2D eigenvalue weighted by Crippen LogP contribution is 2.67. The van der Waals surface area contributed by atoms with Gasteiger partial charge in [-0.3, -0.25) is 4.79 Å². The van der Waals surface area contributed by atoms with Gasteiger partial charge in [0.15, 0.2) is 5.78 Å². The molecule has 1 aromatic rings. The molecule has 0 unspecified atom stereocenters. The van der Waals surface area contributed by atoms with Crippen molar-refractivity contribution in [3.8, 4) is 0 Å². The van der Waals surface area contributed by atoms with Gasteiger partial charge in [-0.05, 0) is 91.7 Å². The van der Waals surface area contributed by atoms with Crippen LogP contribution in [0.5, 0.6) is 0 Å². The first-order valence-electron chi connectivity index (χ1n) is 12.6. The van der Waals surface area contributed by atoms with Gasteiger partial charge < -0.3 is 4.74 Å². The van der Waals surface area contributed by atoms with Crippen LogP contribution in [0.4, 0.5) is 0 Å². The molecule has 0 radical (unpaired) electrons. The number of rotatable bonds is 2. The molecule has 3 fully saturated rings. The van der Waals surface area contributed by atoms with E-state index in [1.54, 1.807) is 0 Å². The Morgan fingerprint density at radius 3 is 2.66 bits per heavy atom. The number of carbonyl (C=O) groups is 1. The maximum absolute atomic E-state index is 12.1. The highest BCUT2D eigenvalue weighted by molar-refractivity contribution is 6.33. The number of halogens is 1. The summed E-state index contributed by atoms with van der Waals surface area (Å²) in [7, 11) is 0. The van der Waals surface area contributed by atoms with Gasteiger partial charge in [-0.25, -0.2) is 4.99 Å². The summed E-state index contributed by atoms with van der Waals surface area (Å²) in [5, 5.41) is 0.716. The third kappa shape index (κ3) is 2.99. The first-order chi connectivity index (χ1) is 15.4. The molecule has 1 aromatic carbocycles. The van der Waals surface area contributed by atoms with Gasteiger partial charge in [0.05, 0.1) is 17.1 Å². The summed E-state index contributed by atoms with van der Waals surface area (Å²) >= 11 is 6.42. The summed E-state index contributed by atoms with van der Waals surface area (Å²) in [5.74, 6) is 3.95. The van der Waals surface area contributed by atoms with E-state index in [1.807, 2.05) is 30.3 Å². The van der Waals surface area contributed by atoms with Gasteiger partial charge in [0.2, 0.25) is 5.90 Å². The molecule has 6 rings (SSSR count). The summed E-state index contributed by atoms with van der Waals surface area (Å²) in [6.45, 7) is 5.79. The fourth-order valence-corrected chi connectivity index (χ4v) is 8.81. The Hall–Kier alpha value is -1.61. The number of aliphatic imine (C=N–C) groups is 1. The van der Waals surface area contributed by atoms with Crippen molar-refractivity contribution < 1.29 is 9.53 Å². The SMILES string of the molecule is C[C@]12CC[C@H]3[C@@H](CCC4=CC(=O)CC[C@@]43C)[C@@H]1CC[C@@H]2[C@@H]1CN=C(c2ccccc2Cl)O1. The molecular formula is C28H34ClNO2. The lowest BCUT2D eigenvalue weighted by Gasteiger charge is -2.58. The molecule has 5 aliphatic rings. The maximum atomic E-state index is 12.1. The topological polar surface area (TPSA) is 38.7 Å². The van der Waals surface area contributed by atoms with Crippen LogP contribution in [0.2, 0.25) is 5.02 Å². The molecule has 0 N–H and O–H groups in total. The zero-order valence-corrected chi connectivity index (χ0v) is 20.0. The fourth-order valence-electron chi connectivity index (χ4n) is 8.59. The lowest BCUT2D eigenvalue weighted by Crippen LogP contribution is -2.51. The molecule has 32 heavy (non-hydrogen) atoms. The van der Waals surface area contributed by atoms with Gasteiger partial charge in [-0.2, -0.15) is 0 Å². The quantitative estimate of drug-likeness (QED) is 0.505. The van der Waals surface area contributed by atoms with Crippen molar-refractivity contribution in [1.82, 2.24) is 0 Å². The van der Waals surface area contributed by atoms with Crippen molar-refractivity contribution in [3.63, 3.8) is 0 Å². The van der Waals surface area contributed by atoms with E-state index in [0.717, 1.165) is 55.0 Å². The lowest BCUT2D eigenvalue weighted by molar-refractivity contribution is -0.117. The summed E-state index contributed by atoms with van der Waals surface area (Å²) < 4.78 is 6.50. The number of benzene rings is 1. The largest absolute Gasteiger partial charge is 0.472 e. The van der Waals surface area contributed by atoms with E-state index in [1.165, 1.54) is 37.7 Å². The molecule has 4 aliphatic carbocycles. The summed E-state index contributed by atoms with van der Waals surface area (Å²) in [5.41, 5.74) is 2.97. The smallest absolute Gasteiger partial charge is 0.218 e. The van der Waals surface area contributed by atoms with Crippen molar-refractivity contribution in [2.45, 2.75) is 71.3 Å². The van der Waals surface area contributed by atoms with Gasteiger partial charge in [0.25, 0.3) is 0 Å².